The summed E-state index contributed by atoms with van der Waals surface area (Å²) >= 11 is 5.80. The molecular formula is C14H21Cl2N2O2-. The molecule has 0 aliphatic carbocycles. The van der Waals surface area contributed by atoms with Crippen LogP contribution in [0.1, 0.15) is 0 Å². The number of β-amino-alcohol motifs (C(OH)–C–C–N with tert-alkyl or cyclic N) is 1. The van der Waals surface area contributed by atoms with Crippen molar-refractivity contribution in [2.75, 3.05) is 46.4 Å². The molecule has 0 spiro atoms. The molecule has 0 saturated carbocycles. The van der Waals surface area contributed by atoms with Crippen molar-refractivity contribution < 1.29 is 22.3 Å². The summed E-state index contributed by atoms with van der Waals surface area (Å²) in [6, 6.07) is 7.18. The van der Waals surface area contributed by atoms with Gasteiger partial charge in [0.15, 0.2) is 0 Å². The van der Waals surface area contributed by atoms with Gasteiger partial charge < -0.3 is 27.2 Å². The molecule has 0 amide bonds. The highest BCUT2D eigenvalue weighted by Gasteiger charge is 2.17. The maximum Gasteiger partial charge on any atom is 0.119 e. The molecule has 1 aromatic rings. The number of aliphatic hydroxyl groups excluding tert-OH is 1. The highest BCUT2D eigenvalue weighted by Crippen LogP contribution is 2.15. The number of piperazine rings is 1. The molecule has 1 saturated heterocycles. The summed E-state index contributed by atoms with van der Waals surface area (Å²) in [6.07, 6.45) is -0.459. The first-order valence-corrected chi connectivity index (χ1v) is 6.98. The van der Waals surface area contributed by atoms with Gasteiger partial charge in [0, 0.05) is 37.7 Å². The normalized spacial score (nSPS) is 18.4. The van der Waals surface area contributed by atoms with Gasteiger partial charge in [0.25, 0.3) is 0 Å². The average molecular weight is 320 g/mol. The van der Waals surface area contributed by atoms with E-state index in [2.05, 4.69) is 16.8 Å². The first kappa shape index (κ1) is 17.5. The molecule has 1 fully saturated rings. The van der Waals surface area contributed by atoms with Crippen molar-refractivity contribution in [3.8, 4) is 5.75 Å². The van der Waals surface area contributed by atoms with Gasteiger partial charge in [-0.15, -0.1) is 0 Å². The number of benzene rings is 1. The van der Waals surface area contributed by atoms with Crippen LogP contribution in [-0.4, -0.2) is 67.4 Å². The first-order valence-electron chi connectivity index (χ1n) is 6.61. The molecule has 0 aromatic heterocycles. The molecule has 2 rings (SSSR count). The van der Waals surface area contributed by atoms with E-state index in [0.717, 1.165) is 31.9 Å². The first-order chi connectivity index (χ1) is 9.13. The monoisotopic (exact) mass is 319 g/mol. The Kier molecular flexibility index (Phi) is 7.62. The van der Waals surface area contributed by atoms with Crippen LogP contribution in [0.2, 0.25) is 5.02 Å². The number of ether oxygens (including phenoxy) is 1. The Labute approximate surface area is 131 Å². The molecule has 0 radical (unpaired) electrons. The van der Waals surface area contributed by atoms with Gasteiger partial charge in [-0.05, 0) is 31.3 Å². The van der Waals surface area contributed by atoms with Crippen LogP contribution in [0.4, 0.5) is 0 Å². The van der Waals surface area contributed by atoms with Crippen molar-refractivity contribution in [3.63, 3.8) is 0 Å². The molecule has 6 heteroatoms. The average Bonchev–Trinajstić information content (AvgIpc) is 2.41. The summed E-state index contributed by atoms with van der Waals surface area (Å²) < 4.78 is 5.54. The Hall–Kier alpha value is -0.520. The number of nitrogens with zero attached hydrogens (tertiary/aromatic N) is 2. The van der Waals surface area contributed by atoms with Gasteiger partial charge in [0.2, 0.25) is 0 Å². The summed E-state index contributed by atoms with van der Waals surface area (Å²) in [6.45, 7) is 5.12. The van der Waals surface area contributed by atoms with Crippen LogP contribution in [0.3, 0.4) is 0 Å². The van der Waals surface area contributed by atoms with E-state index in [1.54, 1.807) is 12.1 Å². The molecule has 1 N–H and O–H groups in total. The highest BCUT2D eigenvalue weighted by molar-refractivity contribution is 6.30. The fourth-order valence-electron chi connectivity index (χ4n) is 2.10. The number of rotatable bonds is 5. The van der Waals surface area contributed by atoms with Gasteiger partial charge in [-0.3, -0.25) is 4.90 Å². The summed E-state index contributed by atoms with van der Waals surface area (Å²) in [5, 5.41) is 10.7. The van der Waals surface area contributed by atoms with E-state index in [1.165, 1.54) is 0 Å². The molecular weight excluding hydrogens is 299 g/mol. The third-order valence-corrected chi connectivity index (χ3v) is 3.57. The molecule has 1 unspecified atom stereocenters. The predicted octanol–water partition coefficient (Wildman–Crippen LogP) is -1.67. The van der Waals surface area contributed by atoms with Crippen molar-refractivity contribution in [1.82, 2.24) is 9.80 Å². The van der Waals surface area contributed by atoms with E-state index in [1.807, 2.05) is 12.1 Å². The van der Waals surface area contributed by atoms with Crippen LogP contribution in [0.5, 0.6) is 5.75 Å². The number of halogens is 2. The molecule has 1 aromatic carbocycles. The van der Waals surface area contributed by atoms with E-state index in [-0.39, 0.29) is 12.4 Å². The second kappa shape index (κ2) is 8.70. The van der Waals surface area contributed by atoms with Crippen LogP contribution >= 0.6 is 11.6 Å². The van der Waals surface area contributed by atoms with Crippen molar-refractivity contribution in [1.29, 1.82) is 0 Å². The molecule has 1 heterocycles. The van der Waals surface area contributed by atoms with Gasteiger partial charge in [-0.1, -0.05) is 11.6 Å². The fraction of sp³-hybridized carbons (Fsp3) is 0.571. The molecule has 20 heavy (non-hydrogen) atoms. The number of aliphatic hydroxyl groups is 1. The predicted molar refractivity (Wildman–Crippen MR) is 76.9 cm³/mol. The molecule has 4 nitrogen and oxygen atoms in total. The summed E-state index contributed by atoms with van der Waals surface area (Å²) in [7, 11) is 2.12. The SMILES string of the molecule is CN1CCN(CC(O)COc2ccc(Cl)cc2)CC1.[Cl-]. The van der Waals surface area contributed by atoms with Crippen LogP contribution in [-0.2, 0) is 0 Å². The summed E-state index contributed by atoms with van der Waals surface area (Å²) in [4.78, 5) is 4.57. The van der Waals surface area contributed by atoms with Crippen molar-refractivity contribution in [2.24, 2.45) is 0 Å². The van der Waals surface area contributed by atoms with E-state index >= 15 is 0 Å². The van der Waals surface area contributed by atoms with E-state index < -0.39 is 6.10 Å². The largest absolute Gasteiger partial charge is 1.00 e. The Morgan fingerprint density at radius 1 is 1.20 bits per heavy atom. The zero-order chi connectivity index (χ0) is 13.7. The van der Waals surface area contributed by atoms with E-state index in [9.17, 15) is 5.11 Å². The summed E-state index contributed by atoms with van der Waals surface area (Å²) in [5.74, 6) is 0.738. The lowest BCUT2D eigenvalue weighted by atomic mass is 10.3. The van der Waals surface area contributed by atoms with Crippen molar-refractivity contribution in [2.45, 2.75) is 6.10 Å². The minimum absolute atomic E-state index is 0. The van der Waals surface area contributed by atoms with E-state index in [0.29, 0.717) is 18.2 Å². The van der Waals surface area contributed by atoms with Crippen molar-refractivity contribution in [3.05, 3.63) is 29.3 Å². The van der Waals surface area contributed by atoms with Crippen LogP contribution < -0.4 is 17.1 Å². The second-order valence-electron chi connectivity index (χ2n) is 5.02. The van der Waals surface area contributed by atoms with Gasteiger partial charge in [-0.2, -0.15) is 0 Å². The molecule has 114 valence electrons. The van der Waals surface area contributed by atoms with Gasteiger partial charge in [0.05, 0.1) is 0 Å². The number of likely N-dealkylation sites (N-methyl/N-ethyl adjacent to an activating group) is 1. The maximum atomic E-state index is 9.98. The minimum atomic E-state index is -0.459. The minimum Gasteiger partial charge on any atom is -1.00 e. The van der Waals surface area contributed by atoms with Crippen LogP contribution in [0.15, 0.2) is 24.3 Å². The van der Waals surface area contributed by atoms with Crippen molar-refractivity contribution >= 4 is 11.6 Å². The molecule has 0 bridgehead atoms. The highest BCUT2D eigenvalue weighted by atomic mass is 35.5. The molecule has 1 atom stereocenters. The van der Waals surface area contributed by atoms with Crippen LogP contribution in [0.25, 0.3) is 0 Å². The second-order valence-corrected chi connectivity index (χ2v) is 5.46. The zero-order valence-electron chi connectivity index (χ0n) is 11.6. The molecule has 1 aliphatic rings. The van der Waals surface area contributed by atoms with Gasteiger partial charge in [0.1, 0.15) is 18.5 Å². The lowest BCUT2D eigenvalue weighted by Gasteiger charge is -2.33. The Balaban J connectivity index is 0.00000200. The standard InChI is InChI=1S/C14H21ClN2O2.ClH/c1-16-6-8-17(9-7-16)10-13(18)11-19-14-4-2-12(15)3-5-14;/h2-5,13,18H,6-11H2,1H3;1H/p-1. The van der Waals surface area contributed by atoms with Crippen LogP contribution in [0, 0.1) is 0 Å². The van der Waals surface area contributed by atoms with Gasteiger partial charge in [-0.25, -0.2) is 0 Å². The Morgan fingerprint density at radius 2 is 1.80 bits per heavy atom. The number of hydrogen-bond donors (Lipinski definition) is 1. The quantitative estimate of drug-likeness (QED) is 0.704. The lowest BCUT2D eigenvalue weighted by molar-refractivity contribution is -0.00000628. The Morgan fingerprint density at radius 3 is 2.40 bits per heavy atom. The Bertz CT molecular complexity index is 381. The number of hydrogen-bond acceptors (Lipinski definition) is 4. The smallest absolute Gasteiger partial charge is 0.119 e. The third-order valence-electron chi connectivity index (χ3n) is 3.32. The molecule has 1 aliphatic heterocycles. The van der Waals surface area contributed by atoms with E-state index in [4.69, 9.17) is 16.3 Å². The fourth-order valence-corrected chi connectivity index (χ4v) is 2.23. The van der Waals surface area contributed by atoms with Gasteiger partial charge >= 0.3 is 0 Å². The topological polar surface area (TPSA) is 35.9 Å². The summed E-state index contributed by atoms with van der Waals surface area (Å²) in [5.41, 5.74) is 0. The zero-order valence-corrected chi connectivity index (χ0v) is 13.1. The lowest BCUT2D eigenvalue weighted by Crippen LogP contribution is -3.00. The third kappa shape index (κ3) is 5.85. The maximum absolute atomic E-state index is 9.98.